The number of phenolic OH excluding ortho intramolecular Hbond substituents is 1. The maximum absolute atomic E-state index is 12.9. The number of rotatable bonds is 1. The van der Waals surface area contributed by atoms with Crippen molar-refractivity contribution in [1.82, 2.24) is 0 Å². The van der Waals surface area contributed by atoms with Gasteiger partial charge in [-0.3, -0.25) is 4.79 Å². The molecule has 0 atom stereocenters. The molecule has 1 aromatic carbocycles. The maximum atomic E-state index is 12.9. The highest BCUT2D eigenvalue weighted by molar-refractivity contribution is 5.88. The molecular weight excluding hydrogens is 180 g/mol. The van der Waals surface area contributed by atoms with Crippen LogP contribution in [0.2, 0.25) is 0 Å². The number of nitrogens with one attached hydrogen (secondary N) is 1. The van der Waals surface area contributed by atoms with E-state index in [1.54, 1.807) is 0 Å². The van der Waals surface area contributed by atoms with E-state index >= 15 is 0 Å². The van der Waals surface area contributed by atoms with Crippen molar-refractivity contribution >= 4 is 11.6 Å². The number of hydrogen-bond donors (Lipinski definition) is 2. The Kier molecular flexibility index (Phi) is 2.46. The van der Waals surface area contributed by atoms with Crippen LogP contribution >= 0.6 is 0 Å². The minimum absolute atomic E-state index is 0.289. The molecule has 0 heterocycles. The third kappa shape index (κ3) is 1.93. The molecule has 0 saturated carbocycles. The number of hydrogen-bond acceptors (Lipinski definition) is 2. The van der Waals surface area contributed by atoms with Gasteiger partial charge in [-0.05, 0) is 12.1 Å². The SMILES string of the molecule is CC(=O)Nc1ccc(O)c(F)c1F. The molecule has 0 fully saturated rings. The number of benzene rings is 1. The van der Waals surface area contributed by atoms with Crippen LogP contribution in [-0.4, -0.2) is 11.0 Å². The van der Waals surface area contributed by atoms with Crippen molar-refractivity contribution in [2.45, 2.75) is 6.92 Å². The molecule has 1 amide bonds. The number of halogens is 2. The minimum Gasteiger partial charge on any atom is -0.505 e. The molecular formula is C8H7F2NO2. The summed E-state index contributed by atoms with van der Waals surface area (Å²) in [6.45, 7) is 1.17. The van der Waals surface area contributed by atoms with Crippen molar-refractivity contribution in [2.24, 2.45) is 0 Å². The quantitative estimate of drug-likeness (QED) is 0.656. The van der Waals surface area contributed by atoms with Crippen LogP contribution in [0, 0.1) is 11.6 Å². The first-order chi connectivity index (χ1) is 6.02. The van der Waals surface area contributed by atoms with Crippen LogP contribution in [-0.2, 0) is 4.79 Å². The van der Waals surface area contributed by atoms with E-state index in [4.69, 9.17) is 5.11 Å². The zero-order chi connectivity index (χ0) is 10.0. The molecule has 0 unspecified atom stereocenters. The van der Waals surface area contributed by atoms with Crippen LogP contribution in [0.3, 0.4) is 0 Å². The van der Waals surface area contributed by atoms with Gasteiger partial charge in [0.1, 0.15) is 0 Å². The van der Waals surface area contributed by atoms with Crippen LogP contribution < -0.4 is 5.32 Å². The van der Waals surface area contributed by atoms with E-state index in [2.05, 4.69) is 5.32 Å². The van der Waals surface area contributed by atoms with Gasteiger partial charge in [0.05, 0.1) is 5.69 Å². The van der Waals surface area contributed by atoms with Gasteiger partial charge in [-0.25, -0.2) is 4.39 Å². The molecule has 0 bridgehead atoms. The number of carbonyl (C=O) groups is 1. The molecule has 0 aliphatic heterocycles. The van der Waals surface area contributed by atoms with E-state index in [1.807, 2.05) is 0 Å². The Bertz CT molecular complexity index is 352. The van der Waals surface area contributed by atoms with Crippen molar-refractivity contribution in [3.8, 4) is 5.75 Å². The van der Waals surface area contributed by atoms with E-state index < -0.39 is 23.3 Å². The Morgan fingerprint density at radius 2 is 2.00 bits per heavy atom. The van der Waals surface area contributed by atoms with Crippen LogP contribution in [0.15, 0.2) is 12.1 Å². The smallest absolute Gasteiger partial charge is 0.221 e. The third-order valence-electron chi connectivity index (χ3n) is 1.37. The van der Waals surface area contributed by atoms with Crippen molar-refractivity contribution in [2.75, 3.05) is 5.32 Å². The lowest BCUT2D eigenvalue weighted by Crippen LogP contribution is -2.08. The summed E-state index contributed by atoms with van der Waals surface area (Å²) >= 11 is 0. The molecule has 1 aromatic rings. The van der Waals surface area contributed by atoms with Gasteiger partial charge in [0, 0.05) is 6.92 Å². The van der Waals surface area contributed by atoms with E-state index in [0.717, 1.165) is 12.1 Å². The summed E-state index contributed by atoms with van der Waals surface area (Å²) < 4.78 is 25.5. The van der Waals surface area contributed by atoms with Crippen molar-refractivity contribution in [1.29, 1.82) is 0 Å². The molecule has 0 aliphatic carbocycles. The number of amides is 1. The summed E-state index contributed by atoms with van der Waals surface area (Å²) in [7, 11) is 0. The summed E-state index contributed by atoms with van der Waals surface area (Å²) in [4.78, 5) is 10.5. The van der Waals surface area contributed by atoms with Gasteiger partial charge < -0.3 is 10.4 Å². The van der Waals surface area contributed by atoms with Gasteiger partial charge in [-0.1, -0.05) is 0 Å². The van der Waals surface area contributed by atoms with Gasteiger partial charge in [-0.15, -0.1) is 0 Å². The average molecular weight is 187 g/mol. The lowest BCUT2D eigenvalue weighted by atomic mass is 10.2. The first-order valence-electron chi connectivity index (χ1n) is 3.47. The van der Waals surface area contributed by atoms with E-state index in [0.29, 0.717) is 0 Å². The molecule has 13 heavy (non-hydrogen) atoms. The minimum atomic E-state index is -1.37. The van der Waals surface area contributed by atoms with Crippen LogP contribution in [0.5, 0.6) is 5.75 Å². The van der Waals surface area contributed by atoms with Crippen molar-refractivity contribution in [3.63, 3.8) is 0 Å². The maximum Gasteiger partial charge on any atom is 0.221 e. The lowest BCUT2D eigenvalue weighted by Gasteiger charge is -2.04. The Labute approximate surface area is 73.0 Å². The van der Waals surface area contributed by atoms with Crippen LogP contribution in [0.4, 0.5) is 14.5 Å². The van der Waals surface area contributed by atoms with E-state index in [9.17, 15) is 13.6 Å². The summed E-state index contributed by atoms with van der Waals surface area (Å²) in [5.41, 5.74) is -0.289. The number of anilines is 1. The number of phenols is 1. The Morgan fingerprint density at radius 1 is 1.38 bits per heavy atom. The number of aromatic hydroxyl groups is 1. The molecule has 3 nitrogen and oxygen atoms in total. The standard InChI is InChI=1S/C8H7F2NO2/c1-4(12)11-5-2-3-6(13)8(10)7(5)9/h2-3,13H,1H3,(H,11,12). The summed E-state index contributed by atoms with van der Waals surface area (Å²) in [6.07, 6.45) is 0. The van der Waals surface area contributed by atoms with Gasteiger partial charge >= 0.3 is 0 Å². The summed E-state index contributed by atoms with van der Waals surface area (Å²) in [6, 6.07) is 2.04. The van der Waals surface area contributed by atoms with Crippen LogP contribution in [0.25, 0.3) is 0 Å². The van der Waals surface area contributed by atoms with Gasteiger partial charge in [0.25, 0.3) is 0 Å². The second kappa shape index (κ2) is 3.38. The van der Waals surface area contributed by atoms with Crippen molar-refractivity contribution < 1.29 is 18.7 Å². The second-order valence-electron chi connectivity index (χ2n) is 2.44. The Morgan fingerprint density at radius 3 is 2.54 bits per heavy atom. The summed E-state index contributed by atoms with van der Waals surface area (Å²) in [5, 5.41) is 10.8. The Balaban J connectivity index is 3.10. The molecule has 0 aromatic heterocycles. The monoisotopic (exact) mass is 187 g/mol. The highest BCUT2D eigenvalue weighted by atomic mass is 19.2. The molecule has 0 radical (unpaired) electrons. The van der Waals surface area contributed by atoms with E-state index in [-0.39, 0.29) is 5.69 Å². The largest absolute Gasteiger partial charge is 0.505 e. The molecule has 5 heteroatoms. The third-order valence-corrected chi connectivity index (χ3v) is 1.37. The van der Waals surface area contributed by atoms with E-state index in [1.165, 1.54) is 6.92 Å². The predicted molar refractivity (Wildman–Crippen MR) is 42.3 cm³/mol. The normalized spacial score (nSPS) is 9.77. The zero-order valence-corrected chi connectivity index (χ0v) is 6.77. The molecule has 1 rings (SSSR count). The fourth-order valence-corrected chi connectivity index (χ4v) is 0.825. The highest BCUT2D eigenvalue weighted by Crippen LogP contribution is 2.24. The second-order valence-corrected chi connectivity index (χ2v) is 2.44. The fraction of sp³-hybridized carbons (Fsp3) is 0.125. The van der Waals surface area contributed by atoms with Crippen molar-refractivity contribution in [3.05, 3.63) is 23.8 Å². The number of carbonyl (C=O) groups excluding carboxylic acids is 1. The van der Waals surface area contributed by atoms with Gasteiger partial charge in [-0.2, -0.15) is 4.39 Å². The molecule has 0 spiro atoms. The zero-order valence-electron chi connectivity index (χ0n) is 6.77. The predicted octanol–water partition coefficient (Wildman–Crippen LogP) is 1.63. The first kappa shape index (κ1) is 9.44. The average Bonchev–Trinajstić information content (AvgIpc) is 2.06. The highest BCUT2D eigenvalue weighted by Gasteiger charge is 2.12. The Hall–Kier alpha value is -1.65. The molecule has 0 aliphatic rings. The first-order valence-corrected chi connectivity index (χ1v) is 3.47. The molecule has 2 N–H and O–H groups in total. The van der Waals surface area contributed by atoms with Gasteiger partial charge in [0.15, 0.2) is 11.6 Å². The fourth-order valence-electron chi connectivity index (χ4n) is 0.825. The van der Waals surface area contributed by atoms with Gasteiger partial charge in [0.2, 0.25) is 11.7 Å². The molecule has 0 saturated heterocycles. The summed E-state index contributed by atoms with van der Waals surface area (Å²) in [5.74, 6) is -3.93. The lowest BCUT2D eigenvalue weighted by molar-refractivity contribution is -0.114. The molecule has 70 valence electrons. The van der Waals surface area contributed by atoms with Crippen LogP contribution in [0.1, 0.15) is 6.92 Å². The topological polar surface area (TPSA) is 49.3 Å².